The molecule has 0 saturated carbocycles. The number of carboxylic acid groups (broad SMARTS) is 1. The molecule has 0 aliphatic heterocycles. The van der Waals surface area contributed by atoms with Crippen molar-refractivity contribution in [3.8, 4) is 17.2 Å². The molecule has 0 radical (unpaired) electrons. The summed E-state index contributed by atoms with van der Waals surface area (Å²) in [6.07, 6.45) is 1.38. The van der Waals surface area contributed by atoms with Crippen LogP contribution in [0.4, 0.5) is 0 Å². The van der Waals surface area contributed by atoms with Gasteiger partial charge in [0.2, 0.25) is 11.6 Å². The first-order valence-electron chi connectivity index (χ1n) is 6.70. The minimum Gasteiger partial charge on any atom is -0.544 e. The van der Waals surface area contributed by atoms with Gasteiger partial charge in [-0.05, 0) is 30.0 Å². The quantitative estimate of drug-likeness (QED) is 0.538. The van der Waals surface area contributed by atoms with Gasteiger partial charge in [0.05, 0.1) is 27.3 Å². The highest BCUT2D eigenvalue weighted by atomic mass is 32.2. The van der Waals surface area contributed by atoms with Gasteiger partial charge in [-0.1, -0.05) is 0 Å². The zero-order chi connectivity index (χ0) is 17.7. The number of aromatic nitrogens is 2. The zero-order valence-electron chi connectivity index (χ0n) is 13.5. The fourth-order valence-electron chi connectivity index (χ4n) is 1.92. The van der Waals surface area contributed by atoms with Crippen molar-refractivity contribution in [2.75, 3.05) is 21.3 Å². The van der Waals surface area contributed by atoms with Gasteiger partial charge < -0.3 is 28.5 Å². The van der Waals surface area contributed by atoms with Crippen LogP contribution in [0.2, 0.25) is 0 Å². The number of aryl methyl sites for hydroxylation is 1. The van der Waals surface area contributed by atoms with Crippen molar-refractivity contribution >= 4 is 23.8 Å². The van der Waals surface area contributed by atoms with Gasteiger partial charge in [-0.15, -0.1) is 10.2 Å². The number of carbonyl (C=O) groups is 1. The van der Waals surface area contributed by atoms with Crippen LogP contribution in [0.1, 0.15) is 11.5 Å². The molecule has 2 rings (SSSR count). The van der Waals surface area contributed by atoms with E-state index < -0.39 is 5.97 Å². The number of aliphatic carboxylic acids is 1. The Morgan fingerprint density at radius 3 is 2.38 bits per heavy atom. The van der Waals surface area contributed by atoms with Crippen molar-refractivity contribution in [3.05, 3.63) is 28.5 Å². The summed E-state index contributed by atoms with van der Waals surface area (Å²) in [6.45, 7) is 1.61. The molecule has 0 spiro atoms. The number of ether oxygens (including phenoxy) is 3. The Morgan fingerprint density at radius 2 is 1.88 bits per heavy atom. The highest BCUT2D eigenvalue weighted by Crippen LogP contribution is 2.41. The number of nitrogens with zero attached hydrogens (tertiary/aromatic N) is 2. The molecule has 8 nitrogen and oxygen atoms in total. The van der Waals surface area contributed by atoms with Crippen LogP contribution in [0.3, 0.4) is 0 Å². The minimum atomic E-state index is -1.38. The van der Waals surface area contributed by atoms with E-state index in [1.165, 1.54) is 27.4 Å². The fraction of sp³-hybridized carbons (Fsp3) is 0.267. The molecule has 0 amide bonds. The Labute approximate surface area is 142 Å². The van der Waals surface area contributed by atoms with Gasteiger partial charge in [-0.25, -0.2) is 0 Å². The summed E-state index contributed by atoms with van der Waals surface area (Å²) < 4.78 is 21.0. The Kier molecular flexibility index (Phi) is 5.69. The first kappa shape index (κ1) is 17.7. The normalized spacial score (nSPS) is 11.2. The summed E-state index contributed by atoms with van der Waals surface area (Å²) in [5.41, 5.74) is 0.470. The van der Waals surface area contributed by atoms with Gasteiger partial charge in [0.1, 0.15) is 0 Å². The number of hydrogen-bond acceptors (Lipinski definition) is 9. The molecular weight excluding hydrogens is 336 g/mol. The first-order chi connectivity index (χ1) is 11.5. The molecule has 0 saturated heterocycles. The maximum Gasteiger partial charge on any atom is 0.281 e. The second-order valence-corrected chi connectivity index (χ2v) is 5.40. The predicted octanol–water partition coefficient (Wildman–Crippen LogP) is 1.29. The average Bonchev–Trinajstić information content (AvgIpc) is 2.98. The number of rotatable bonds is 7. The van der Waals surface area contributed by atoms with E-state index in [4.69, 9.17) is 18.6 Å². The number of hydrogen-bond donors (Lipinski definition) is 0. The van der Waals surface area contributed by atoms with E-state index >= 15 is 0 Å². The van der Waals surface area contributed by atoms with Crippen molar-refractivity contribution in [2.45, 2.75) is 12.1 Å². The molecule has 0 fully saturated rings. The zero-order valence-corrected chi connectivity index (χ0v) is 14.3. The van der Waals surface area contributed by atoms with Gasteiger partial charge in [-0.2, -0.15) is 0 Å². The Hall–Kier alpha value is -2.68. The summed E-state index contributed by atoms with van der Waals surface area (Å²) in [7, 11) is 4.40. The molecule has 0 N–H and O–H groups in total. The van der Waals surface area contributed by atoms with Gasteiger partial charge in [-0.3, -0.25) is 0 Å². The second-order valence-electron chi connectivity index (χ2n) is 4.41. The van der Waals surface area contributed by atoms with E-state index in [1.54, 1.807) is 19.1 Å². The smallest absolute Gasteiger partial charge is 0.281 e. The molecular formula is C15H15N2O6S-. The lowest BCUT2D eigenvalue weighted by Gasteiger charge is -2.15. The van der Waals surface area contributed by atoms with Crippen molar-refractivity contribution in [3.63, 3.8) is 0 Å². The minimum absolute atomic E-state index is 0.0994. The van der Waals surface area contributed by atoms with Crippen molar-refractivity contribution < 1.29 is 28.5 Å². The standard InChI is InChI=1S/C15H16N2O6S/c1-8-16-17-15(23-8)24-11(14(18)19)7-9-5-6-10(20-2)13(22-4)12(9)21-3/h5-7H,1-4H3,(H,18,19)/p-1/b11-7-. The van der Waals surface area contributed by atoms with Gasteiger partial charge in [0.15, 0.2) is 11.5 Å². The summed E-state index contributed by atoms with van der Waals surface area (Å²) >= 11 is 0.786. The van der Waals surface area contributed by atoms with Crippen LogP contribution in [0, 0.1) is 6.92 Å². The molecule has 1 aromatic heterocycles. The molecule has 1 heterocycles. The van der Waals surface area contributed by atoms with E-state index in [1.807, 2.05) is 0 Å². The van der Waals surface area contributed by atoms with Crippen LogP contribution in [-0.4, -0.2) is 37.5 Å². The number of carboxylic acids is 1. The van der Waals surface area contributed by atoms with Crippen LogP contribution in [0.5, 0.6) is 17.2 Å². The van der Waals surface area contributed by atoms with Crippen molar-refractivity contribution in [1.82, 2.24) is 10.2 Å². The molecule has 128 valence electrons. The predicted molar refractivity (Wildman–Crippen MR) is 84.0 cm³/mol. The third-order valence-corrected chi connectivity index (χ3v) is 3.77. The van der Waals surface area contributed by atoms with Crippen LogP contribution in [0.25, 0.3) is 6.08 Å². The lowest BCUT2D eigenvalue weighted by Crippen LogP contribution is -2.23. The topological polar surface area (TPSA) is 107 Å². The monoisotopic (exact) mass is 351 g/mol. The number of carbonyl (C=O) groups excluding carboxylic acids is 1. The Bertz CT molecular complexity index is 771. The molecule has 0 unspecified atom stereocenters. The summed E-state index contributed by atoms with van der Waals surface area (Å²) in [6, 6.07) is 3.28. The maximum absolute atomic E-state index is 11.4. The average molecular weight is 351 g/mol. The van der Waals surface area contributed by atoms with Crippen LogP contribution < -0.4 is 19.3 Å². The SMILES string of the molecule is COc1ccc(/C=C(\Sc2nnc(C)o2)C(=O)[O-])c(OC)c1OC. The van der Waals surface area contributed by atoms with E-state index in [0.29, 0.717) is 28.7 Å². The van der Waals surface area contributed by atoms with Crippen molar-refractivity contribution in [2.24, 2.45) is 0 Å². The van der Waals surface area contributed by atoms with Crippen molar-refractivity contribution in [1.29, 1.82) is 0 Å². The lowest BCUT2D eigenvalue weighted by molar-refractivity contribution is -0.298. The number of benzene rings is 1. The molecule has 1 aromatic carbocycles. The molecule has 9 heteroatoms. The summed E-state index contributed by atoms with van der Waals surface area (Å²) in [4.78, 5) is 11.3. The molecule has 0 bridgehead atoms. The molecule has 0 aliphatic rings. The molecule has 2 aromatic rings. The Balaban J connectivity index is 2.47. The summed E-state index contributed by atoms with van der Waals surface area (Å²) in [5, 5.41) is 18.9. The largest absolute Gasteiger partial charge is 0.544 e. The summed E-state index contributed by atoms with van der Waals surface area (Å²) in [5.74, 6) is 0.0938. The fourth-order valence-corrected chi connectivity index (χ4v) is 2.62. The third kappa shape index (κ3) is 3.80. The van der Waals surface area contributed by atoms with Crippen LogP contribution in [-0.2, 0) is 4.79 Å². The molecule has 0 aliphatic carbocycles. The maximum atomic E-state index is 11.4. The Morgan fingerprint density at radius 1 is 1.17 bits per heavy atom. The molecule has 24 heavy (non-hydrogen) atoms. The number of thioether (sulfide) groups is 1. The van der Waals surface area contributed by atoms with E-state index in [9.17, 15) is 9.90 Å². The highest BCUT2D eigenvalue weighted by Gasteiger charge is 2.16. The van der Waals surface area contributed by atoms with E-state index in [0.717, 1.165) is 11.8 Å². The van der Waals surface area contributed by atoms with Crippen LogP contribution >= 0.6 is 11.8 Å². The third-order valence-electron chi connectivity index (χ3n) is 2.93. The highest BCUT2D eigenvalue weighted by molar-refractivity contribution is 8.03. The lowest BCUT2D eigenvalue weighted by atomic mass is 10.1. The van der Waals surface area contributed by atoms with Crippen LogP contribution in [0.15, 0.2) is 26.7 Å². The van der Waals surface area contributed by atoms with E-state index in [-0.39, 0.29) is 10.1 Å². The van der Waals surface area contributed by atoms with E-state index in [2.05, 4.69) is 10.2 Å². The van der Waals surface area contributed by atoms with Gasteiger partial charge >= 0.3 is 0 Å². The number of methoxy groups -OCH3 is 3. The van der Waals surface area contributed by atoms with Gasteiger partial charge in [0, 0.05) is 17.4 Å². The first-order valence-corrected chi connectivity index (χ1v) is 7.51. The molecule has 0 atom stereocenters. The second kappa shape index (κ2) is 7.73. The van der Waals surface area contributed by atoms with Gasteiger partial charge in [0.25, 0.3) is 5.22 Å².